The highest BCUT2D eigenvalue weighted by atomic mass is 19.1. The lowest BCUT2D eigenvalue weighted by molar-refractivity contribution is 0.619. The Morgan fingerprint density at radius 3 is 2.72 bits per heavy atom. The van der Waals surface area contributed by atoms with Crippen LogP contribution < -0.4 is 11.1 Å². The molecule has 0 heterocycles. The Morgan fingerprint density at radius 2 is 2.00 bits per heavy atom. The molecule has 0 unspecified atom stereocenters. The molecule has 0 fully saturated rings. The third-order valence-corrected chi connectivity index (χ3v) is 2.72. The van der Waals surface area contributed by atoms with E-state index in [-0.39, 0.29) is 5.82 Å². The predicted octanol–water partition coefficient (Wildman–Crippen LogP) is 3.33. The average Bonchev–Trinajstić information content (AvgIpc) is 2.37. The van der Waals surface area contributed by atoms with Crippen LogP contribution in [0.2, 0.25) is 0 Å². The minimum absolute atomic E-state index is 0.282. The number of nitrogens with one attached hydrogen (secondary N) is 1. The largest absolute Gasteiger partial charge is 0.397 e. The van der Waals surface area contributed by atoms with Gasteiger partial charge in [0.05, 0.1) is 23.0 Å². The van der Waals surface area contributed by atoms with E-state index in [4.69, 9.17) is 11.0 Å². The normalized spacial score (nSPS) is 9.83. The number of nitrogens with two attached hydrogens (primary N) is 1. The van der Waals surface area contributed by atoms with E-state index in [0.717, 1.165) is 0 Å². The molecule has 0 bridgehead atoms. The minimum atomic E-state index is -0.282. The summed E-state index contributed by atoms with van der Waals surface area (Å²) in [7, 11) is 0. The first-order chi connectivity index (χ1) is 8.61. The second kappa shape index (κ2) is 4.76. The van der Waals surface area contributed by atoms with Crippen molar-refractivity contribution in [3.63, 3.8) is 0 Å². The third-order valence-electron chi connectivity index (χ3n) is 2.72. The number of benzene rings is 2. The van der Waals surface area contributed by atoms with E-state index in [1.807, 2.05) is 6.07 Å². The number of hydrogen-bond acceptors (Lipinski definition) is 3. The molecule has 0 radical (unpaired) electrons. The van der Waals surface area contributed by atoms with Crippen LogP contribution in [0, 0.1) is 24.1 Å². The fraction of sp³-hybridized carbons (Fsp3) is 0.0714. The van der Waals surface area contributed by atoms with Crippen LogP contribution in [0.4, 0.5) is 21.5 Å². The molecule has 0 atom stereocenters. The van der Waals surface area contributed by atoms with Crippen LogP contribution in [-0.2, 0) is 0 Å². The summed E-state index contributed by atoms with van der Waals surface area (Å²) >= 11 is 0. The molecule has 3 N–H and O–H groups in total. The van der Waals surface area contributed by atoms with Crippen molar-refractivity contribution < 1.29 is 4.39 Å². The Bertz CT molecular complexity index is 629. The molecule has 0 saturated carbocycles. The summed E-state index contributed by atoms with van der Waals surface area (Å²) < 4.78 is 13.4. The second-order valence-electron chi connectivity index (χ2n) is 3.95. The molecule has 4 heteroatoms. The van der Waals surface area contributed by atoms with Crippen LogP contribution in [0.25, 0.3) is 0 Å². The van der Waals surface area contributed by atoms with Gasteiger partial charge in [-0.3, -0.25) is 0 Å². The Labute approximate surface area is 105 Å². The molecule has 0 aliphatic carbocycles. The fourth-order valence-corrected chi connectivity index (χ4v) is 1.62. The van der Waals surface area contributed by atoms with Crippen molar-refractivity contribution in [3.8, 4) is 6.07 Å². The number of nitrogens with zero attached hydrogens (tertiary/aromatic N) is 1. The maximum atomic E-state index is 13.4. The second-order valence-corrected chi connectivity index (χ2v) is 3.95. The highest BCUT2D eigenvalue weighted by molar-refractivity contribution is 5.75. The smallest absolute Gasteiger partial charge is 0.128 e. The Morgan fingerprint density at radius 1 is 1.22 bits per heavy atom. The monoisotopic (exact) mass is 241 g/mol. The van der Waals surface area contributed by atoms with Crippen molar-refractivity contribution in [2.24, 2.45) is 0 Å². The molecule has 0 spiro atoms. The van der Waals surface area contributed by atoms with Gasteiger partial charge in [0.1, 0.15) is 5.82 Å². The number of hydrogen-bond donors (Lipinski definition) is 2. The zero-order chi connectivity index (χ0) is 13.1. The van der Waals surface area contributed by atoms with Gasteiger partial charge in [0.2, 0.25) is 0 Å². The lowest BCUT2D eigenvalue weighted by Crippen LogP contribution is -1.99. The number of nitriles is 1. The summed E-state index contributed by atoms with van der Waals surface area (Å²) in [4.78, 5) is 0. The first-order valence-electron chi connectivity index (χ1n) is 5.43. The van der Waals surface area contributed by atoms with E-state index in [0.29, 0.717) is 28.2 Å². The fourth-order valence-electron chi connectivity index (χ4n) is 1.62. The van der Waals surface area contributed by atoms with Gasteiger partial charge < -0.3 is 11.1 Å². The van der Waals surface area contributed by atoms with Crippen molar-refractivity contribution >= 4 is 17.1 Å². The van der Waals surface area contributed by atoms with Crippen molar-refractivity contribution in [1.82, 2.24) is 0 Å². The molecule has 18 heavy (non-hydrogen) atoms. The average molecular weight is 241 g/mol. The van der Waals surface area contributed by atoms with Crippen molar-refractivity contribution in [1.29, 1.82) is 5.26 Å². The molecule has 0 aromatic heterocycles. The topological polar surface area (TPSA) is 61.8 Å². The van der Waals surface area contributed by atoms with Gasteiger partial charge in [-0.15, -0.1) is 0 Å². The molecule has 0 amide bonds. The summed E-state index contributed by atoms with van der Waals surface area (Å²) in [6, 6.07) is 11.7. The van der Waals surface area contributed by atoms with Crippen LogP contribution in [0.15, 0.2) is 36.4 Å². The zero-order valence-electron chi connectivity index (χ0n) is 9.87. The molecule has 0 aliphatic heterocycles. The Kier molecular flexibility index (Phi) is 3.16. The van der Waals surface area contributed by atoms with Gasteiger partial charge in [-0.2, -0.15) is 5.26 Å². The van der Waals surface area contributed by atoms with Crippen LogP contribution in [-0.4, -0.2) is 0 Å². The van der Waals surface area contributed by atoms with Gasteiger partial charge in [-0.25, -0.2) is 4.39 Å². The van der Waals surface area contributed by atoms with E-state index in [1.54, 1.807) is 37.3 Å². The first kappa shape index (κ1) is 11.9. The molecule has 2 aromatic rings. The Hall–Kier alpha value is -2.54. The van der Waals surface area contributed by atoms with E-state index in [1.165, 1.54) is 6.07 Å². The first-order valence-corrected chi connectivity index (χ1v) is 5.43. The summed E-state index contributed by atoms with van der Waals surface area (Å²) in [5.74, 6) is -0.282. The van der Waals surface area contributed by atoms with E-state index in [2.05, 4.69) is 5.32 Å². The van der Waals surface area contributed by atoms with E-state index in [9.17, 15) is 4.39 Å². The van der Waals surface area contributed by atoms with Gasteiger partial charge in [-0.1, -0.05) is 6.07 Å². The maximum Gasteiger partial charge on any atom is 0.128 e. The van der Waals surface area contributed by atoms with Gasteiger partial charge in [-0.05, 0) is 37.3 Å². The molecule has 3 nitrogen and oxygen atoms in total. The van der Waals surface area contributed by atoms with Gasteiger partial charge >= 0.3 is 0 Å². The maximum absolute atomic E-state index is 13.4. The Balaban J connectivity index is 2.40. The lowest BCUT2D eigenvalue weighted by atomic mass is 10.1. The van der Waals surface area contributed by atoms with Gasteiger partial charge in [0, 0.05) is 11.3 Å². The molecule has 2 aromatic carbocycles. The molecule has 90 valence electrons. The highest BCUT2D eigenvalue weighted by Crippen LogP contribution is 2.27. The summed E-state index contributed by atoms with van der Waals surface area (Å²) in [5, 5.41) is 11.9. The van der Waals surface area contributed by atoms with Gasteiger partial charge in [0.25, 0.3) is 0 Å². The summed E-state index contributed by atoms with van der Waals surface area (Å²) in [6.45, 7) is 1.68. The number of halogens is 1. The molecule has 0 aliphatic rings. The number of rotatable bonds is 2. The van der Waals surface area contributed by atoms with Crippen LogP contribution in [0.1, 0.15) is 11.1 Å². The lowest BCUT2D eigenvalue weighted by Gasteiger charge is -2.12. The SMILES string of the molecule is Cc1c(F)cccc1Nc1cc(C#N)ccc1N. The van der Waals surface area contributed by atoms with Gasteiger partial charge in [0.15, 0.2) is 0 Å². The zero-order valence-corrected chi connectivity index (χ0v) is 9.87. The third kappa shape index (κ3) is 2.25. The van der Waals surface area contributed by atoms with Crippen molar-refractivity contribution in [2.45, 2.75) is 6.92 Å². The summed E-state index contributed by atoms with van der Waals surface area (Å²) in [6.07, 6.45) is 0. The van der Waals surface area contributed by atoms with Crippen LogP contribution in [0.3, 0.4) is 0 Å². The van der Waals surface area contributed by atoms with Crippen LogP contribution >= 0.6 is 0 Å². The number of anilines is 3. The molecule has 0 saturated heterocycles. The van der Waals surface area contributed by atoms with E-state index >= 15 is 0 Å². The minimum Gasteiger partial charge on any atom is -0.397 e. The standard InChI is InChI=1S/C14H12FN3/c1-9-11(15)3-2-4-13(9)18-14-7-10(8-16)5-6-12(14)17/h2-7,18H,17H2,1H3. The number of nitrogen functional groups attached to an aromatic ring is 1. The van der Waals surface area contributed by atoms with Crippen molar-refractivity contribution in [3.05, 3.63) is 53.3 Å². The quantitative estimate of drug-likeness (QED) is 0.793. The molecular weight excluding hydrogens is 229 g/mol. The predicted molar refractivity (Wildman–Crippen MR) is 70.0 cm³/mol. The summed E-state index contributed by atoms with van der Waals surface area (Å²) in [5.41, 5.74) is 8.58. The van der Waals surface area contributed by atoms with E-state index < -0.39 is 0 Å². The highest BCUT2D eigenvalue weighted by Gasteiger charge is 2.06. The molecular formula is C14H12FN3. The van der Waals surface area contributed by atoms with Crippen LogP contribution in [0.5, 0.6) is 0 Å². The van der Waals surface area contributed by atoms with Crippen molar-refractivity contribution in [2.75, 3.05) is 11.1 Å². The molecule has 2 rings (SSSR count).